The second-order valence-electron chi connectivity index (χ2n) is 8.00. The lowest BCUT2D eigenvalue weighted by molar-refractivity contribution is -0.130. The van der Waals surface area contributed by atoms with E-state index < -0.39 is 5.97 Å². The van der Waals surface area contributed by atoms with E-state index in [4.69, 9.17) is 23.7 Å². The van der Waals surface area contributed by atoms with Gasteiger partial charge in [-0.15, -0.1) is 0 Å². The van der Waals surface area contributed by atoms with Gasteiger partial charge in [0.2, 0.25) is 0 Å². The topological polar surface area (TPSA) is 107 Å². The minimum atomic E-state index is -0.605. The van der Waals surface area contributed by atoms with Crippen molar-refractivity contribution in [3.05, 3.63) is 59.2 Å². The summed E-state index contributed by atoms with van der Waals surface area (Å²) in [7, 11) is 2.99. The van der Waals surface area contributed by atoms with E-state index >= 15 is 0 Å². The maximum Gasteiger partial charge on any atom is 0.336 e. The second kappa shape index (κ2) is 13.7. The molecular weight excluding hydrogens is 476 g/mol. The van der Waals surface area contributed by atoms with Crippen LogP contribution in [0.2, 0.25) is 0 Å². The van der Waals surface area contributed by atoms with Gasteiger partial charge >= 0.3 is 5.97 Å². The van der Waals surface area contributed by atoms with Crippen LogP contribution in [-0.2, 0) is 14.3 Å². The molecule has 0 atom stereocenters. The zero-order valence-corrected chi connectivity index (χ0v) is 21.2. The van der Waals surface area contributed by atoms with E-state index in [9.17, 15) is 14.9 Å². The van der Waals surface area contributed by atoms with Gasteiger partial charge < -0.3 is 28.6 Å². The molecule has 0 saturated carbocycles. The quantitative estimate of drug-likeness (QED) is 0.207. The highest BCUT2D eigenvalue weighted by molar-refractivity contribution is 6.01. The number of nitriles is 1. The SMILES string of the molecule is CCCOc1ccc(/C=C/C(=O)Oc2ccc(/C=C(\C#N)C(=O)N3CCOCC3)cc2OC)cc1OC. The number of morpholine rings is 1. The van der Waals surface area contributed by atoms with Gasteiger partial charge in [0.15, 0.2) is 23.0 Å². The summed E-state index contributed by atoms with van der Waals surface area (Å²) in [5, 5.41) is 9.51. The van der Waals surface area contributed by atoms with Crippen molar-refractivity contribution in [2.24, 2.45) is 0 Å². The minimum Gasteiger partial charge on any atom is -0.493 e. The highest BCUT2D eigenvalue weighted by Crippen LogP contribution is 2.30. The van der Waals surface area contributed by atoms with Crippen LogP contribution in [0.3, 0.4) is 0 Å². The largest absolute Gasteiger partial charge is 0.493 e. The fraction of sp³-hybridized carbons (Fsp3) is 0.321. The zero-order chi connectivity index (χ0) is 26.6. The van der Waals surface area contributed by atoms with Crippen molar-refractivity contribution in [2.75, 3.05) is 47.1 Å². The van der Waals surface area contributed by atoms with Crippen LogP contribution in [0, 0.1) is 11.3 Å². The van der Waals surface area contributed by atoms with Crippen LogP contribution in [0.25, 0.3) is 12.2 Å². The molecule has 0 radical (unpaired) electrons. The Morgan fingerprint density at radius 2 is 1.65 bits per heavy atom. The molecule has 1 aliphatic heterocycles. The van der Waals surface area contributed by atoms with Gasteiger partial charge in [0.25, 0.3) is 5.91 Å². The molecule has 2 aromatic carbocycles. The van der Waals surface area contributed by atoms with Crippen molar-refractivity contribution in [1.82, 2.24) is 4.90 Å². The molecule has 1 amide bonds. The number of benzene rings is 2. The number of nitrogens with zero attached hydrogens (tertiary/aromatic N) is 2. The summed E-state index contributed by atoms with van der Waals surface area (Å²) < 4.78 is 27.1. The number of esters is 1. The minimum absolute atomic E-state index is 0.00169. The first-order chi connectivity index (χ1) is 18.0. The molecule has 0 spiro atoms. The number of hydrogen-bond donors (Lipinski definition) is 0. The Labute approximate surface area is 216 Å². The summed E-state index contributed by atoms with van der Waals surface area (Å²) in [6, 6.07) is 12.1. The molecular formula is C28H30N2O7. The smallest absolute Gasteiger partial charge is 0.336 e. The van der Waals surface area contributed by atoms with Crippen LogP contribution in [0.15, 0.2) is 48.0 Å². The summed E-state index contributed by atoms with van der Waals surface area (Å²) in [6.45, 7) is 4.36. The number of carbonyl (C=O) groups is 2. The third-order valence-electron chi connectivity index (χ3n) is 5.42. The average Bonchev–Trinajstić information content (AvgIpc) is 2.94. The standard InChI is InChI=1S/C28H30N2O7/c1-4-13-36-23-8-5-20(17-25(23)33-2)7-10-27(31)37-24-9-6-21(18-26(24)34-3)16-22(19-29)28(32)30-11-14-35-15-12-30/h5-10,16-18H,4,11-15H2,1-3H3/b10-7+,22-16+. The van der Waals surface area contributed by atoms with Crippen LogP contribution in [0.5, 0.6) is 23.0 Å². The summed E-state index contributed by atoms with van der Waals surface area (Å²) >= 11 is 0. The van der Waals surface area contributed by atoms with Crippen LogP contribution in [0.4, 0.5) is 0 Å². The number of methoxy groups -OCH3 is 2. The lowest BCUT2D eigenvalue weighted by Crippen LogP contribution is -2.41. The Kier molecular flexibility index (Phi) is 10.1. The Hall–Kier alpha value is -4.29. The van der Waals surface area contributed by atoms with Gasteiger partial charge in [0.1, 0.15) is 11.6 Å². The summed E-state index contributed by atoms with van der Waals surface area (Å²) in [4.78, 5) is 26.7. The molecule has 1 fully saturated rings. The molecule has 3 rings (SSSR count). The van der Waals surface area contributed by atoms with Gasteiger partial charge in [-0.3, -0.25) is 4.79 Å². The number of carbonyl (C=O) groups excluding carboxylic acids is 2. The molecule has 0 aromatic heterocycles. The lowest BCUT2D eigenvalue weighted by Gasteiger charge is -2.26. The van der Waals surface area contributed by atoms with Crippen LogP contribution >= 0.6 is 0 Å². The molecule has 1 heterocycles. The van der Waals surface area contributed by atoms with E-state index in [0.29, 0.717) is 50.0 Å². The Morgan fingerprint density at radius 3 is 2.32 bits per heavy atom. The highest BCUT2D eigenvalue weighted by Gasteiger charge is 2.21. The van der Waals surface area contributed by atoms with Gasteiger partial charge in [-0.05, 0) is 54.0 Å². The molecule has 0 bridgehead atoms. The molecule has 1 saturated heterocycles. The summed E-state index contributed by atoms with van der Waals surface area (Å²) in [5.74, 6) is 0.727. The molecule has 0 aliphatic carbocycles. The molecule has 194 valence electrons. The van der Waals surface area contributed by atoms with E-state index in [1.165, 1.54) is 19.3 Å². The molecule has 37 heavy (non-hydrogen) atoms. The predicted octanol–water partition coefficient (Wildman–Crippen LogP) is 3.88. The number of ether oxygens (including phenoxy) is 5. The third kappa shape index (κ3) is 7.59. The van der Waals surface area contributed by atoms with Crippen molar-refractivity contribution in [3.8, 4) is 29.1 Å². The van der Waals surface area contributed by atoms with Crippen molar-refractivity contribution < 1.29 is 33.3 Å². The third-order valence-corrected chi connectivity index (χ3v) is 5.42. The van der Waals surface area contributed by atoms with Gasteiger partial charge in [-0.1, -0.05) is 19.1 Å². The van der Waals surface area contributed by atoms with Crippen molar-refractivity contribution >= 4 is 24.0 Å². The monoisotopic (exact) mass is 506 g/mol. The number of hydrogen-bond acceptors (Lipinski definition) is 8. The van der Waals surface area contributed by atoms with Crippen molar-refractivity contribution in [2.45, 2.75) is 13.3 Å². The maximum absolute atomic E-state index is 12.7. The zero-order valence-electron chi connectivity index (χ0n) is 21.2. The fourth-order valence-corrected chi connectivity index (χ4v) is 3.53. The first-order valence-corrected chi connectivity index (χ1v) is 11.9. The summed E-state index contributed by atoms with van der Waals surface area (Å²) in [6.07, 6.45) is 5.26. The van der Waals surface area contributed by atoms with E-state index in [0.717, 1.165) is 12.0 Å². The molecule has 9 nitrogen and oxygen atoms in total. The van der Waals surface area contributed by atoms with Gasteiger partial charge in [0, 0.05) is 19.2 Å². The Bertz CT molecular complexity index is 1210. The lowest BCUT2D eigenvalue weighted by atomic mass is 10.1. The first-order valence-electron chi connectivity index (χ1n) is 11.9. The summed E-state index contributed by atoms with van der Waals surface area (Å²) in [5.41, 5.74) is 1.29. The van der Waals surface area contributed by atoms with E-state index in [1.807, 2.05) is 19.1 Å². The molecule has 1 aliphatic rings. The highest BCUT2D eigenvalue weighted by atomic mass is 16.6. The van der Waals surface area contributed by atoms with Gasteiger partial charge in [0.05, 0.1) is 34.0 Å². The van der Waals surface area contributed by atoms with Crippen LogP contribution < -0.4 is 18.9 Å². The number of rotatable bonds is 10. The van der Waals surface area contributed by atoms with Crippen LogP contribution in [-0.4, -0.2) is 63.9 Å². The van der Waals surface area contributed by atoms with E-state index in [1.54, 1.807) is 48.4 Å². The second-order valence-corrected chi connectivity index (χ2v) is 8.00. The van der Waals surface area contributed by atoms with Gasteiger partial charge in [-0.25, -0.2) is 4.79 Å². The molecule has 0 N–H and O–H groups in total. The molecule has 9 heteroatoms. The van der Waals surface area contributed by atoms with Crippen molar-refractivity contribution in [3.63, 3.8) is 0 Å². The van der Waals surface area contributed by atoms with E-state index in [2.05, 4.69) is 0 Å². The molecule has 2 aromatic rings. The number of amides is 1. The van der Waals surface area contributed by atoms with E-state index in [-0.39, 0.29) is 23.0 Å². The fourth-order valence-electron chi connectivity index (χ4n) is 3.53. The molecule has 0 unspecified atom stereocenters. The predicted molar refractivity (Wildman–Crippen MR) is 137 cm³/mol. The average molecular weight is 507 g/mol. The first kappa shape index (κ1) is 27.3. The Morgan fingerprint density at radius 1 is 1.00 bits per heavy atom. The maximum atomic E-state index is 12.7. The Balaban J connectivity index is 1.70. The normalized spacial score (nSPS) is 13.7. The van der Waals surface area contributed by atoms with Crippen molar-refractivity contribution in [1.29, 1.82) is 5.26 Å². The van der Waals surface area contributed by atoms with Crippen LogP contribution in [0.1, 0.15) is 24.5 Å². The van der Waals surface area contributed by atoms with Gasteiger partial charge in [-0.2, -0.15) is 5.26 Å².